The fourth-order valence-corrected chi connectivity index (χ4v) is 7.30. The number of H-pyrrole nitrogens is 2. The van der Waals surface area contributed by atoms with Gasteiger partial charge in [0.15, 0.2) is 0 Å². The first-order valence-electron chi connectivity index (χ1n) is 18.1. The summed E-state index contributed by atoms with van der Waals surface area (Å²) in [4.78, 5) is 69.7. The number of nitrogens with one attached hydrogen (secondary N) is 4. The molecule has 4 atom stereocenters. The van der Waals surface area contributed by atoms with E-state index in [1.54, 1.807) is 6.20 Å². The molecule has 4 amide bonds. The quantitative estimate of drug-likeness (QED) is 0.139. The molecule has 0 bridgehead atoms. The SMILES string of the molecule is COC(=O)NC(C(=O)N1CCC[C@H]1c1ncc(-c2ccc(-c3ccc(-c4cnc([C@@H]5CCCN5C(=O)C(NC=O)C(C)C)[nH]4)cc3)cc2)[nH]1)C(C)C. The molecule has 2 aromatic carbocycles. The molecular weight excluding hydrogens is 660 g/mol. The van der Waals surface area contributed by atoms with E-state index < -0.39 is 18.2 Å². The summed E-state index contributed by atoms with van der Waals surface area (Å²) in [5, 5.41) is 5.38. The number of nitrogens with zero attached hydrogens (tertiary/aromatic N) is 4. The van der Waals surface area contributed by atoms with Crippen molar-refractivity contribution in [2.45, 2.75) is 77.5 Å². The second-order valence-corrected chi connectivity index (χ2v) is 14.3. The van der Waals surface area contributed by atoms with E-state index in [2.05, 4.69) is 79.1 Å². The molecule has 4 aromatic rings. The Morgan fingerprint density at radius 1 is 0.731 bits per heavy atom. The van der Waals surface area contributed by atoms with Crippen LogP contribution in [-0.2, 0) is 19.1 Å². The van der Waals surface area contributed by atoms with Gasteiger partial charge in [-0.15, -0.1) is 0 Å². The van der Waals surface area contributed by atoms with E-state index in [0.29, 0.717) is 19.5 Å². The van der Waals surface area contributed by atoms with E-state index in [1.807, 2.05) is 43.7 Å². The molecule has 4 heterocycles. The van der Waals surface area contributed by atoms with Gasteiger partial charge in [-0.05, 0) is 59.8 Å². The largest absolute Gasteiger partial charge is 0.453 e. The second kappa shape index (κ2) is 15.8. The van der Waals surface area contributed by atoms with Crippen LogP contribution in [-0.4, -0.2) is 86.3 Å². The molecule has 4 N–H and O–H groups in total. The minimum atomic E-state index is -0.683. The zero-order valence-corrected chi connectivity index (χ0v) is 30.4. The van der Waals surface area contributed by atoms with Gasteiger partial charge in [0.25, 0.3) is 0 Å². The summed E-state index contributed by atoms with van der Waals surface area (Å²) >= 11 is 0. The lowest BCUT2D eigenvalue weighted by Gasteiger charge is -2.30. The number of rotatable bonds is 12. The van der Waals surface area contributed by atoms with Crippen molar-refractivity contribution >= 4 is 24.3 Å². The van der Waals surface area contributed by atoms with Crippen LogP contribution in [0.3, 0.4) is 0 Å². The van der Waals surface area contributed by atoms with Crippen molar-refractivity contribution in [2.75, 3.05) is 20.2 Å². The molecule has 6 rings (SSSR count). The maximum atomic E-state index is 13.5. The average Bonchev–Trinajstić information content (AvgIpc) is 3.98. The number of amides is 4. The maximum absolute atomic E-state index is 13.5. The van der Waals surface area contributed by atoms with Crippen molar-refractivity contribution in [1.82, 2.24) is 40.4 Å². The zero-order chi connectivity index (χ0) is 36.9. The van der Waals surface area contributed by atoms with Crippen LogP contribution in [0.15, 0.2) is 60.9 Å². The van der Waals surface area contributed by atoms with Crippen LogP contribution >= 0.6 is 0 Å². The number of alkyl carbamates (subject to hydrolysis) is 1. The molecule has 52 heavy (non-hydrogen) atoms. The third kappa shape index (κ3) is 7.58. The number of aromatic amines is 2. The topological polar surface area (TPSA) is 165 Å². The number of imidazole rings is 2. The number of aromatic nitrogens is 4. The van der Waals surface area contributed by atoms with E-state index in [-0.39, 0.29) is 35.7 Å². The van der Waals surface area contributed by atoms with Crippen molar-refractivity contribution in [3.8, 4) is 33.6 Å². The van der Waals surface area contributed by atoms with Gasteiger partial charge in [-0.25, -0.2) is 14.8 Å². The molecule has 0 aliphatic carbocycles. The molecule has 2 fully saturated rings. The van der Waals surface area contributed by atoms with Gasteiger partial charge in [-0.1, -0.05) is 76.2 Å². The van der Waals surface area contributed by atoms with Crippen LogP contribution in [0, 0.1) is 11.8 Å². The summed E-state index contributed by atoms with van der Waals surface area (Å²) in [6.07, 6.45) is 6.92. The molecule has 0 radical (unpaired) electrons. The molecule has 2 aliphatic rings. The van der Waals surface area contributed by atoms with Crippen molar-refractivity contribution in [3.05, 3.63) is 72.6 Å². The van der Waals surface area contributed by atoms with Crippen molar-refractivity contribution in [2.24, 2.45) is 11.8 Å². The summed E-state index contributed by atoms with van der Waals surface area (Å²) in [7, 11) is 1.29. The summed E-state index contributed by atoms with van der Waals surface area (Å²) in [5.41, 5.74) is 5.84. The lowest BCUT2D eigenvalue weighted by atomic mass is 10.0. The van der Waals surface area contributed by atoms with Crippen LogP contribution in [0.2, 0.25) is 0 Å². The number of hydrogen-bond acceptors (Lipinski definition) is 7. The van der Waals surface area contributed by atoms with Crippen molar-refractivity contribution < 1.29 is 23.9 Å². The molecule has 2 aliphatic heterocycles. The molecule has 2 saturated heterocycles. The van der Waals surface area contributed by atoms with E-state index in [1.165, 1.54) is 7.11 Å². The minimum absolute atomic E-state index is 0.0198. The van der Waals surface area contributed by atoms with E-state index in [9.17, 15) is 19.2 Å². The van der Waals surface area contributed by atoms with Crippen molar-refractivity contribution in [3.63, 3.8) is 0 Å². The van der Waals surface area contributed by atoms with Gasteiger partial charge in [0, 0.05) is 13.1 Å². The Morgan fingerprint density at radius 3 is 1.56 bits per heavy atom. The molecule has 13 heteroatoms. The highest BCUT2D eigenvalue weighted by molar-refractivity contribution is 5.86. The molecule has 13 nitrogen and oxygen atoms in total. The minimum Gasteiger partial charge on any atom is -0.453 e. The summed E-state index contributed by atoms with van der Waals surface area (Å²) < 4.78 is 4.75. The highest BCUT2D eigenvalue weighted by Gasteiger charge is 2.38. The standard InChI is InChI=1S/C39H48N8O5/c1-23(2)33(42-22-48)37(49)46-18-6-8-31(46)35-40-20-29(43-35)27-14-10-25(11-15-27)26-12-16-28(17-13-26)30-21-41-36(44-30)32-9-7-19-47(32)38(50)34(24(3)4)45-39(51)52-5/h10-17,20-24,31-34H,6-9,18-19H2,1-5H3,(H,40,43)(H,41,44)(H,42,48)(H,45,51)/t31-,32-,33?,34?/m0/s1. The number of carbonyl (C=O) groups is 4. The molecular formula is C39H48N8O5. The van der Waals surface area contributed by atoms with E-state index in [4.69, 9.17) is 4.74 Å². The molecule has 274 valence electrons. The van der Waals surface area contributed by atoms with Gasteiger partial charge in [0.1, 0.15) is 23.7 Å². The monoisotopic (exact) mass is 708 g/mol. The Hall–Kier alpha value is -5.46. The fourth-order valence-electron chi connectivity index (χ4n) is 7.30. The maximum Gasteiger partial charge on any atom is 0.407 e. The predicted molar refractivity (Wildman–Crippen MR) is 196 cm³/mol. The number of ether oxygens (including phenoxy) is 1. The number of methoxy groups -OCH3 is 1. The molecule has 2 aromatic heterocycles. The highest BCUT2D eigenvalue weighted by atomic mass is 16.5. The van der Waals surface area contributed by atoms with Gasteiger partial charge in [0.2, 0.25) is 18.2 Å². The lowest BCUT2D eigenvalue weighted by Crippen LogP contribution is -2.51. The van der Waals surface area contributed by atoms with E-state index in [0.717, 1.165) is 71.0 Å². The molecule has 0 saturated carbocycles. The van der Waals surface area contributed by atoms with Crippen LogP contribution < -0.4 is 10.6 Å². The van der Waals surface area contributed by atoms with Gasteiger partial charge in [-0.3, -0.25) is 14.4 Å². The summed E-state index contributed by atoms with van der Waals surface area (Å²) in [6, 6.07) is 14.9. The average molecular weight is 709 g/mol. The highest BCUT2D eigenvalue weighted by Crippen LogP contribution is 2.35. The number of likely N-dealkylation sites (tertiary alicyclic amines) is 2. The van der Waals surface area contributed by atoms with Crippen LogP contribution in [0.1, 0.15) is 77.1 Å². The Balaban J connectivity index is 1.11. The van der Waals surface area contributed by atoms with Crippen LogP contribution in [0.4, 0.5) is 4.79 Å². The molecule has 0 spiro atoms. The Kier molecular flexibility index (Phi) is 11.1. The lowest BCUT2D eigenvalue weighted by molar-refractivity contribution is -0.137. The number of hydrogen-bond donors (Lipinski definition) is 4. The van der Waals surface area contributed by atoms with Gasteiger partial charge in [0.05, 0.1) is 43.0 Å². The Bertz CT molecular complexity index is 1870. The normalized spacial score (nSPS) is 18.4. The first-order chi connectivity index (χ1) is 25.1. The summed E-state index contributed by atoms with van der Waals surface area (Å²) in [5.74, 6) is 1.14. The zero-order valence-electron chi connectivity index (χ0n) is 30.4. The van der Waals surface area contributed by atoms with Crippen molar-refractivity contribution in [1.29, 1.82) is 0 Å². The molecule has 2 unspecified atom stereocenters. The van der Waals surface area contributed by atoms with Crippen LogP contribution in [0.25, 0.3) is 33.6 Å². The van der Waals surface area contributed by atoms with Gasteiger partial charge >= 0.3 is 6.09 Å². The smallest absolute Gasteiger partial charge is 0.407 e. The van der Waals surface area contributed by atoms with Gasteiger partial charge in [-0.2, -0.15) is 0 Å². The fraction of sp³-hybridized carbons (Fsp3) is 0.436. The number of benzene rings is 2. The Labute approximate surface area is 303 Å². The first kappa shape index (κ1) is 36.3. The van der Waals surface area contributed by atoms with E-state index >= 15 is 0 Å². The Morgan fingerprint density at radius 2 is 1.15 bits per heavy atom. The van der Waals surface area contributed by atoms with Crippen LogP contribution in [0.5, 0.6) is 0 Å². The number of carbonyl (C=O) groups excluding carboxylic acids is 4. The first-order valence-corrected chi connectivity index (χ1v) is 18.1. The third-order valence-electron chi connectivity index (χ3n) is 10.2. The predicted octanol–water partition coefficient (Wildman–Crippen LogP) is 5.61. The summed E-state index contributed by atoms with van der Waals surface area (Å²) in [6.45, 7) is 8.89. The second-order valence-electron chi connectivity index (χ2n) is 14.3. The van der Waals surface area contributed by atoms with Gasteiger partial charge < -0.3 is 35.1 Å². The third-order valence-corrected chi connectivity index (χ3v) is 10.2.